The Balaban J connectivity index is 1.91. The molecule has 1 atom stereocenters. The Morgan fingerprint density at radius 3 is 2.41 bits per heavy atom. The van der Waals surface area contributed by atoms with Gasteiger partial charge in [0.05, 0.1) is 0 Å². The smallest absolute Gasteiger partial charge is 0.196 e. The van der Waals surface area contributed by atoms with Crippen LogP contribution in [0.25, 0.3) is 0 Å². The fourth-order valence-corrected chi connectivity index (χ4v) is 5.04. The SMILES string of the molecule is CCCCC(CC)Cc1scc2c1C(=O)c1cscc1C2=O. The number of carbonyl (C=O) groups excluding carboxylic acids is 2. The molecule has 0 bridgehead atoms. The summed E-state index contributed by atoms with van der Waals surface area (Å²) in [5, 5.41) is 5.50. The third-order valence-corrected chi connectivity index (χ3v) is 6.26. The highest BCUT2D eigenvalue weighted by molar-refractivity contribution is 7.11. The van der Waals surface area contributed by atoms with E-state index in [0.29, 0.717) is 28.2 Å². The van der Waals surface area contributed by atoms with E-state index in [4.69, 9.17) is 0 Å². The van der Waals surface area contributed by atoms with Gasteiger partial charge in [-0.15, -0.1) is 11.3 Å². The maximum Gasteiger partial charge on any atom is 0.196 e. The molecule has 0 amide bonds. The van der Waals surface area contributed by atoms with E-state index in [2.05, 4.69) is 13.8 Å². The molecular weight excluding hydrogens is 312 g/mol. The molecule has 22 heavy (non-hydrogen) atoms. The van der Waals surface area contributed by atoms with Crippen molar-refractivity contribution >= 4 is 34.2 Å². The maximum absolute atomic E-state index is 12.7. The molecule has 0 aliphatic heterocycles. The molecule has 116 valence electrons. The highest BCUT2D eigenvalue weighted by Gasteiger charge is 2.33. The number of hydrogen-bond acceptors (Lipinski definition) is 4. The summed E-state index contributed by atoms with van der Waals surface area (Å²) in [5.41, 5.74) is 2.51. The molecule has 2 aromatic rings. The molecule has 1 aliphatic carbocycles. The highest BCUT2D eigenvalue weighted by atomic mass is 32.1. The zero-order valence-corrected chi connectivity index (χ0v) is 14.6. The van der Waals surface area contributed by atoms with Gasteiger partial charge in [0.2, 0.25) is 0 Å². The minimum atomic E-state index is 0.0231. The first-order valence-electron chi connectivity index (χ1n) is 7.93. The predicted molar refractivity (Wildman–Crippen MR) is 92.5 cm³/mol. The lowest BCUT2D eigenvalue weighted by Gasteiger charge is -2.16. The molecule has 0 fully saturated rings. The van der Waals surface area contributed by atoms with E-state index < -0.39 is 0 Å². The van der Waals surface area contributed by atoms with Crippen molar-refractivity contribution in [2.75, 3.05) is 0 Å². The Labute approximate surface area is 139 Å². The van der Waals surface area contributed by atoms with E-state index in [0.717, 1.165) is 17.7 Å². The summed E-state index contributed by atoms with van der Waals surface area (Å²) in [6, 6.07) is 0. The number of carbonyl (C=O) groups is 2. The van der Waals surface area contributed by atoms with E-state index >= 15 is 0 Å². The summed E-state index contributed by atoms with van der Waals surface area (Å²) in [4.78, 5) is 26.4. The average Bonchev–Trinajstić information content (AvgIpc) is 3.16. The van der Waals surface area contributed by atoms with E-state index in [1.54, 1.807) is 16.7 Å². The largest absolute Gasteiger partial charge is 0.288 e. The Morgan fingerprint density at radius 1 is 1.00 bits per heavy atom. The van der Waals surface area contributed by atoms with Gasteiger partial charge in [-0.25, -0.2) is 0 Å². The number of hydrogen-bond donors (Lipinski definition) is 0. The van der Waals surface area contributed by atoms with Crippen LogP contribution in [0.2, 0.25) is 0 Å². The van der Waals surface area contributed by atoms with Crippen molar-refractivity contribution in [2.24, 2.45) is 5.92 Å². The van der Waals surface area contributed by atoms with E-state index in [9.17, 15) is 9.59 Å². The van der Waals surface area contributed by atoms with Crippen molar-refractivity contribution in [1.82, 2.24) is 0 Å². The minimum absolute atomic E-state index is 0.0231. The Hall–Kier alpha value is -1.26. The average molecular weight is 332 g/mol. The zero-order valence-electron chi connectivity index (χ0n) is 13.0. The van der Waals surface area contributed by atoms with Crippen LogP contribution < -0.4 is 0 Å². The molecule has 1 aliphatic rings. The lowest BCUT2D eigenvalue weighted by Crippen LogP contribution is -2.19. The van der Waals surface area contributed by atoms with Gasteiger partial charge in [-0.2, -0.15) is 11.3 Å². The molecule has 0 N–H and O–H groups in total. The second kappa shape index (κ2) is 6.47. The van der Waals surface area contributed by atoms with Gasteiger partial charge in [0, 0.05) is 43.3 Å². The van der Waals surface area contributed by atoms with Crippen LogP contribution in [0.15, 0.2) is 16.1 Å². The van der Waals surface area contributed by atoms with Crippen molar-refractivity contribution in [1.29, 1.82) is 0 Å². The van der Waals surface area contributed by atoms with Crippen LogP contribution >= 0.6 is 22.7 Å². The first kappa shape index (κ1) is 15.6. The Kier molecular flexibility index (Phi) is 4.59. The molecule has 0 saturated heterocycles. The highest BCUT2D eigenvalue weighted by Crippen LogP contribution is 2.36. The van der Waals surface area contributed by atoms with Gasteiger partial charge in [-0.3, -0.25) is 9.59 Å². The fourth-order valence-electron chi connectivity index (χ4n) is 3.10. The molecule has 2 heterocycles. The van der Waals surface area contributed by atoms with Gasteiger partial charge < -0.3 is 0 Å². The topological polar surface area (TPSA) is 34.1 Å². The molecule has 2 aromatic heterocycles. The van der Waals surface area contributed by atoms with Crippen LogP contribution in [0.4, 0.5) is 0 Å². The summed E-state index contributed by atoms with van der Waals surface area (Å²) in [5.74, 6) is 0.678. The molecule has 1 unspecified atom stereocenters. The van der Waals surface area contributed by atoms with Crippen LogP contribution in [0.3, 0.4) is 0 Å². The van der Waals surface area contributed by atoms with Crippen LogP contribution in [0.5, 0.6) is 0 Å². The number of thiophene rings is 2. The molecule has 0 radical (unpaired) electrons. The van der Waals surface area contributed by atoms with Crippen molar-refractivity contribution in [3.8, 4) is 0 Å². The van der Waals surface area contributed by atoms with Crippen LogP contribution in [-0.2, 0) is 6.42 Å². The quantitative estimate of drug-likeness (QED) is 0.610. The molecule has 3 rings (SSSR count). The Morgan fingerprint density at radius 2 is 1.73 bits per heavy atom. The molecule has 0 saturated carbocycles. The maximum atomic E-state index is 12.7. The number of rotatable bonds is 6. The Bertz CT molecular complexity index is 708. The first-order chi connectivity index (χ1) is 10.7. The summed E-state index contributed by atoms with van der Waals surface area (Å²) >= 11 is 3.02. The van der Waals surface area contributed by atoms with Crippen molar-refractivity contribution < 1.29 is 9.59 Å². The van der Waals surface area contributed by atoms with Gasteiger partial charge in [-0.1, -0.05) is 39.5 Å². The molecule has 0 spiro atoms. The lowest BCUT2D eigenvalue weighted by molar-refractivity contribution is 0.0980. The monoisotopic (exact) mass is 332 g/mol. The van der Waals surface area contributed by atoms with Gasteiger partial charge >= 0.3 is 0 Å². The molecule has 4 heteroatoms. The zero-order chi connectivity index (χ0) is 15.7. The normalized spacial score (nSPS) is 14.8. The van der Waals surface area contributed by atoms with Crippen LogP contribution in [0.1, 0.15) is 76.3 Å². The van der Waals surface area contributed by atoms with Crippen molar-refractivity contribution in [3.63, 3.8) is 0 Å². The third kappa shape index (κ3) is 2.59. The second-order valence-electron chi connectivity index (χ2n) is 5.93. The van der Waals surface area contributed by atoms with Crippen LogP contribution in [-0.4, -0.2) is 11.6 Å². The standard InChI is InChI=1S/C18H20O2S2/c1-3-5-6-11(4-2)7-15-16-14(10-22-15)17(19)12-8-21-9-13(12)18(16)20/h8-11H,3-7H2,1-2H3. The number of unbranched alkanes of at least 4 members (excludes halogenated alkanes) is 1. The number of fused-ring (bicyclic) bond motifs is 2. The van der Waals surface area contributed by atoms with Gasteiger partial charge in [-0.05, 0) is 12.3 Å². The van der Waals surface area contributed by atoms with E-state index in [1.807, 2.05) is 10.8 Å². The predicted octanol–water partition coefficient (Wildman–Crippen LogP) is 5.34. The first-order valence-corrected chi connectivity index (χ1v) is 9.75. The number of ketones is 2. The summed E-state index contributed by atoms with van der Waals surface area (Å²) in [7, 11) is 0. The molecular formula is C18H20O2S2. The third-order valence-electron chi connectivity index (χ3n) is 4.51. The lowest BCUT2D eigenvalue weighted by atomic mass is 9.85. The van der Waals surface area contributed by atoms with Crippen LogP contribution in [0, 0.1) is 5.92 Å². The van der Waals surface area contributed by atoms with Crippen molar-refractivity contribution in [2.45, 2.75) is 46.0 Å². The van der Waals surface area contributed by atoms with Gasteiger partial charge in [0.25, 0.3) is 0 Å². The second-order valence-corrected chi connectivity index (χ2v) is 7.63. The summed E-state index contributed by atoms with van der Waals surface area (Å²) in [6.07, 6.45) is 5.68. The van der Waals surface area contributed by atoms with E-state index in [1.165, 1.54) is 30.6 Å². The molecule has 0 aromatic carbocycles. The van der Waals surface area contributed by atoms with E-state index in [-0.39, 0.29) is 11.6 Å². The minimum Gasteiger partial charge on any atom is -0.288 e. The van der Waals surface area contributed by atoms with Crippen molar-refractivity contribution in [3.05, 3.63) is 43.3 Å². The van der Waals surface area contributed by atoms with Gasteiger partial charge in [0.1, 0.15) is 0 Å². The summed E-state index contributed by atoms with van der Waals surface area (Å²) in [6.45, 7) is 4.42. The molecule has 2 nitrogen and oxygen atoms in total. The fraction of sp³-hybridized carbons (Fsp3) is 0.444. The summed E-state index contributed by atoms with van der Waals surface area (Å²) < 4.78 is 0. The van der Waals surface area contributed by atoms with Gasteiger partial charge in [0.15, 0.2) is 11.6 Å².